The van der Waals surface area contributed by atoms with Crippen LogP contribution < -0.4 is 10.6 Å². The summed E-state index contributed by atoms with van der Waals surface area (Å²) in [5.74, 6) is -1.61. The van der Waals surface area contributed by atoms with Gasteiger partial charge in [0.15, 0.2) is 5.96 Å². The van der Waals surface area contributed by atoms with Crippen LogP contribution in [0.15, 0.2) is 39.8 Å². The van der Waals surface area contributed by atoms with Crippen molar-refractivity contribution < 1.29 is 23.1 Å². The van der Waals surface area contributed by atoms with Gasteiger partial charge in [-0.25, -0.2) is 9.79 Å². The Morgan fingerprint density at radius 3 is 2.46 bits per heavy atom. The molecule has 1 atom stereocenters. The summed E-state index contributed by atoms with van der Waals surface area (Å²) in [6.45, 7) is 3.19. The van der Waals surface area contributed by atoms with Crippen molar-refractivity contribution in [1.82, 2.24) is 0 Å². The molecule has 1 heterocycles. The number of aliphatic carboxylic acids is 1. The predicted molar refractivity (Wildman–Crippen MR) is 106 cm³/mol. The molecule has 150 valence electrons. The maximum atomic E-state index is 10.6. The Labute approximate surface area is 168 Å². The summed E-state index contributed by atoms with van der Waals surface area (Å²) in [5, 5.41) is 9.71. The summed E-state index contributed by atoms with van der Waals surface area (Å²) in [7, 11) is 0. The molecule has 9 heteroatoms. The molecule has 1 saturated carbocycles. The Hall–Kier alpha value is -2.29. The summed E-state index contributed by atoms with van der Waals surface area (Å²) in [6.07, 6.45) is -2.72. The number of benzene rings is 2. The molecule has 2 aromatic carbocycles. The van der Waals surface area contributed by atoms with E-state index in [0.717, 1.165) is 11.0 Å². The third-order valence-electron chi connectivity index (χ3n) is 4.65. The number of rotatable bonds is 1. The predicted octanol–water partition coefficient (Wildman–Crippen LogP) is 4.64. The van der Waals surface area contributed by atoms with Crippen LogP contribution in [0.25, 0.3) is 10.8 Å². The van der Waals surface area contributed by atoms with E-state index in [1.807, 2.05) is 0 Å². The highest BCUT2D eigenvalue weighted by Gasteiger charge is 2.38. The van der Waals surface area contributed by atoms with E-state index in [1.54, 1.807) is 0 Å². The van der Waals surface area contributed by atoms with Gasteiger partial charge in [0.25, 0.3) is 0 Å². The van der Waals surface area contributed by atoms with Crippen LogP contribution in [0.4, 0.5) is 18.9 Å². The second-order valence-corrected chi connectivity index (χ2v) is 7.72. The molecular weight excluding hydrogens is 439 g/mol. The largest absolute Gasteiger partial charge is 0.490 e. The zero-order valence-electron chi connectivity index (χ0n) is 15.0. The van der Waals surface area contributed by atoms with Crippen LogP contribution in [0, 0.1) is 0 Å². The van der Waals surface area contributed by atoms with Gasteiger partial charge in [0.2, 0.25) is 0 Å². The number of nitrogens with zero attached hydrogens (tertiary/aromatic N) is 2. The minimum absolute atomic E-state index is 0.457. The van der Waals surface area contributed by atoms with Crippen molar-refractivity contribution in [2.45, 2.75) is 37.9 Å². The Morgan fingerprint density at radius 2 is 1.89 bits per heavy atom. The maximum Gasteiger partial charge on any atom is 0.490 e. The summed E-state index contributed by atoms with van der Waals surface area (Å²) in [4.78, 5) is 15.7. The molecule has 1 aliphatic heterocycles. The van der Waals surface area contributed by atoms with Crippen LogP contribution in [0.5, 0.6) is 0 Å². The smallest absolute Gasteiger partial charge is 0.475 e. The average Bonchev–Trinajstić information content (AvgIpc) is 3.35. The summed E-state index contributed by atoms with van der Waals surface area (Å²) in [6, 6.07) is 11.2. The molecule has 0 radical (unpaired) electrons. The van der Waals surface area contributed by atoms with Crippen molar-refractivity contribution >= 4 is 44.3 Å². The van der Waals surface area contributed by atoms with Crippen LogP contribution in [0.1, 0.15) is 31.2 Å². The molecule has 28 heavy (non-hydrogen) atoms. The van der Waals surface area contributed by atoms with E-state index in [9.17, 15) is 13.2 Å². The Kier molecular flexibility index (Phi) is 5.56. The number of hydrogen-bond donors (Lipinski definition) is 2. The van der Waals surface area contributed by atoms with Crippen molar-refractivity contribution in [2.75, 3.05) is 11.4 Å². The van der Waals surface area contributed by atoms with Gasteiger partial charge in [-0.2, -0.15) is 13.2 Å². The molecule has 3 N–H and O–H groups in total. The second kappa shape index (κ2) is 7.62. The first-order chi connectivity index (χ1) is 13.1. The lowest BCUT2D eigenvalue weighted by Crippen LogP contribution is -2.36. The molecule has 0 bridgehead atoms. The molecule has 5 nitrogen and oxygen atoms in total. The van der Waals surface area contributed by atoms with Gasteiger partial charge in [0.05, 0.1) is 6.04 Å². The van der Waals surface area contributed by atoms with Crippen molar-refractivity contribution in [2.24, 2.45) is 10.7 Å². The molecule has 0 spiro atoms. The van der Waals surface area contributed by atoms with Gasteiger partial charge in [-0.3, -0.25) is 0 Å². The molecule has 2 aliphatic rings. The van der Waals surface area contributed by atoms with Gasteiger partial charge in [0, 0.05) is 22.6 Å². The van der Waals surface area contributed by atoms with Gasteiger partial charge in [-0.1, -0.05) is 41.1 Å². The van der Waals surface area contributed by atoms with Crippen molar-refractivity contribution in [1.29, 1.82) is 0 Å². The van der Waals surface area contributed by atoms with Gasteiger partial charge in [-0.05, 0) is 41.3 Å². The van der Waals surface area contributed by atoms with Crippen LogP contribution >= 0.6 is 15.9 Å². The van der Waals surface area contributed by atoms with Crippen LogP contribution in [0.3, 0.4) is 0 Å². The SMILES string of the molecule is CC1CN(C(N)=NC2CC2)c2ccc3c(Br)cccc3c21.O=C(O)C(F)(F)F. The van der Waals surface area contributed by atoms with Crippen molar-refractivity contribution in [3.8, 4) is 0 Å². The number of fused-ring (bicyclic) bond motifs is 3. The lowest BCUT2D eigenvalue weighted by atomic mass is 9.96. The molecular formula is C19H19BrF3N3O2. The molecule has 0 aromatic heterocycles. The van der Waals surface area contributed by atoms with Gasteiger partial charge < -0.3 is 15.7 Å². The number of anilines is 1. The molecule has 2 aromatic rings. The average molecular weight is 458 g/mol. The van der Waals surface area contributed by atoms with E-state index >= 15 is 0 Å². The third-order valence-corrected chi connectivity index (χ3v) is 5.34. The van der Waals surface area contributed by atoms with Gasteiger partial charge in [0.1, 0.15) is 0 Å². The number of alkyl halides is 3. The fourth-order valence-corrected chi connectivity index (χ4v) is 3.72. The van der Waals surface area contributed by atoms with Crippen LogP contribution in [-0.2, 0) is 4.79 Å². The first-order valence-electron chi connectivity index (χ1n) is 8.71. The number of hydrogen-bond acceptors (Lipinski definition) is 2. The molecule has 1 aliphatic carbocycles. The molecule has 1 fully saturated rings. The Balaban J connectivity index is 0.000000279. The second-order valence-electron chi connectivity index (χ2n) is 6.87. The van der Waals surface area contributed by atoms with Gasteiger partial charge >= 0.3 is 12.1 Å². The van der Waals surface area contributed by atoms with Crippen molar-refractivity contribution in [3.63, 3.8) is 0 Å². The summed E-state index contributed by atoms with van der Waals surface area (Å²) < 4.78 is 32.9. The van der Waals surface area contributed by atoms with E-state index in [0.29, 0.717) is 17.9 Å². The van der Waals surface area contributed by atoms with E-state index in [2.05, 4.69) is 63.1 Å². The molecule has 0 amide bonds. The topological polar surface area (TPSA) is 78.9 Å². The highest BCUT2D eigenvalue weighted by molar-refractivity contribution is 9.10. The molecule has 0 saturated heterocycles. The Morgan fingerprint density at radius 1 is 1.25 bits per heavy atom. The third kappa shape index (κ3) is 4.24. The van der Waals surface area contributed by atoms with E-state index < -0.39 is 12.1 Å². The van der Waals surface area contributed by atoms with Crippen molar-refractivity contribution in [3.05, 3.63) is 40.4 Å². The number of carboxylic acids is 1. The maximum absolute atomic E-state index is 10.6. The normalized spacial score (nSPS) is 19.2. The monoisotopic (exact) mass is 457 g/mol. The lowest BCUT2D eigenvalue weighted by Gasteiger charge is -2.18. The number of carboxylic acid groups (broad SMARTS) is 1. The minimum Gasteiger partial charge on any atom is -0.475 e. The quantitative estimate of drug-likeness (QED) is 0.483. The highest BCUT2D eigenvalue weighted by atomic mass is 79.9. The number of nitrogens with two attached hydrogens (primary N) is 1. The fourth-order valence-electron chi connectivity index (χ4n) is 3.23. The number of guanidine groups is 1. The lowest BCUT2D eigenvalue weighted by molar-refractivity contribution is -0.192. The fraction of sp³-hybridized carbons (Fsp3) is 0.368. The number of halogens is 4. The van der Waals surface area contributed by atoms with Crippen LogP contribution in [-0.4, -0.2) is 35.8 Å². The molecule has 4 rings (SSSR count). The minimum atomic E-state index is -5.08. The highest BCUT2D eigenvalue weighted by Crippen LogP contribution is 2.42. The Bertz CT molecular complexity index is 942. The number of carbonyl (C=O) groups is 1. The summed E-state index contributed by atoms with van der Waals surface area (Å²) in [5.41, 5.74) is 8.85. The standard InChI is InChI=1S/C17H18BrN3.C2HF3O2/c1-10-9-21(17(19)20-11-5-6-11)15-8-7-12-13(16(10)15)3-2-4-14(12)18;3-2(4,5)1(6)7/h2-4,7-8,10-11H,5-6,9H2,1H3,(H2,19,20);(H,6,7). The summed E-state index contributed by atoms with van der Waals surface area (Å²) >= 11 is 3.65. The van der Waals surface area contributed by atoms with E-state index in [1.165, 1.54) is 34.9 Å². The van der Waals surface area contributed by atoms with E-state index in [-0.39, 0.29) is 0 Å². The number of aliphatic imine (C=N–C) groups is 1. The molecule has 1 unspecified atom stereocenters. The zero-order valence-corrected chi connectivity index (χ0v) is 16.6. The van der Waals surface area contributed by atoms with Crippen LogP contribution in [0.2, 0.25) is 0 Å². The van der Waals surface area contributed by atoms with E-state index in [4.69, 9.17) is 15.6 Å². The first kappa shape index (κ1) is 20.4. The van der Waals surface area contributed by atoms with Gasteiger partial charge in [-0.15, -0.1) is 0 Å². The first-order valence-corrected chi connectivity index (χ1v) is 9.51. The zero-order chi connectivity index (χ0) is 20.6.